The smallest absolute Gasteiger partial charge is 0.303 e. The van der Waals surface area contributed by atoms with E-state index in [2.05, 4.69) is 15.3 Å². The lowest BCUT2D eigenvalue weighted by Crippen LogP contribution is -2.20. The molecule has 1 heterocycles. The molecular weight excluding hydrogens is 222 g/mol. The predicted molar refractivity (Wildman–Crippen MR) is 62.2 cm³/mol. The highest BCUT2D eigenvalue weighted by molar-refractivity contribution is 5.67. The van der Waals surface area contributed by atoms with Gasteiger partial charge in [0, 0.05) is 23.7 Å². The number of aromatic amines is 1. The van der Waals surface area contributed by atoms with Gasteiger partial charge in [0.1, 0.15) is 0 Å². The van der Waals surface area contributed by atoms with Crippen LogP contribution in [-0.4, -0.2) is 27.1 Å². The second-order valence-electron chi connectivity index (χ2n) is 4.29. The van der Waals surface area contributed by atoms with E-state index in [-0.39, 0.29) is 18.4 Å². The number of hydrogen-bond acceptors (Lipinski definition) is 4. The van der Waals surface area contributed by atoms with E-state index in [9.17, 15) is 9.59 Å². The molecule has 0 aliphatic heterocycles. The lowest BCUT2D eigenvalue weighted by atomic mass is 10.1. The number of H-pyrrole nitrogens is 1. The third-order valence-electron chi connectivity index (χ3n) is 2.73. The van der Waals surface area contributed by atoms with Gasteiger partial charge in [0.2, 0.25) is 5.95 Å². The van der Waals surface area contributed by atoms with Crippen LogP contribution in [0.15, 0.2) is 4.79 Å². The molecule has 0 saturated heterocycles. The Kier molecular flexibility index (Phi) is 3.12. The van der Waals surface area contributed by atoms with E-state index in [0.29, 0.717) is 23.2 Å². The number of nitrogens with zero attached hydrogens (tertiary/aromatic N) is 1. The van der Waals surface area contributed by atoms with Crippen LogP contribution in [0, 0.1) is 6.92 Å². The average molecular weight is 237 g/mol. The molecule has 92 valence electrons. The SMILES string of the molecule is Cc1nc(NC2CC2)[nH]c(=O)c1CCC(=O)O. The molecule has 1 aliphatic rings. The van der Waals surface area contributed by atoms with Crippen LogP contribution in [0.4, 0.5) is 5.95 Å². The average Bonchev–Trinajstić information content (AvgIpc) is 2.99. The van der Waals surface area contributed by atoms with Gasteiger partial charge in [0.05, 0.1) is 0 Å². The van der Waals surface area contributed by atoms with Crippen molar-refractivity contribution in [2.45, 2.75) is 38.6 Å². The topological polar surface area (TPSA) is 95.1 Å². The van der Waals surface area contributed by atoms with Gasteiger partial charge in [-0.05, 0) is 26.2 Å². The maximum absolute atomic E-state index is 11.7. The van der Waals surface area contributed by atoms with Crippen LogP contribution in [0.1, 0.15) is 30.5 Å². The number of rotatable bonds is 5. The molecule has 1 aromatic heterocycles. The minimum absolute atomic E-state index is 0.0546. The van der Waals surface area contributed by atoms with Crippen LogP contribution in [0.3, 0.4) is 0 Å². The van der Waals surface area contributed by atoms with E-state index in [4.69, 9.17) is 5.11 Å². The van der Waals surface area contributed by atoms with Crippen molar-refractivity contribution in [1.29, 1.82) is 0 Å². The second-order valence-corrected chi connectivity index (χ2v) is 4.29. The van der Waals surface area contributed by atoms with Crippen LogP contribution >= 0.6 is 0 Å². The summed E-state index contributed by atoms with van der Waals surface area (Å²) in [6.07, 6.45) is 2.36. The highest BCUT2D eigenvalue weighted by Gasteiger charge is 2.22. The Hall–Kier alpha value is -1.85. The zero-order valence-corrected chi connectivity index (χ0v) is 9.62. The van der Waals surface area contributed by atoms with Crippen LogP contribution in [0.25, 0.3) is 0 Å². The maximum atomic E-state index is 11.7. The predicted octanol–water partition coefficient (Wildman–Crippen LogP) is 0.670. The van der Waals surface area contributed by atoms with Crippen molar-refractivity contribution in [1.82, 2.24) is 9.97 Å². The molecule has 3 N–H and O–H groups in total. The monoisotopic (exact) mass is 237 g/mol. The second kappa shape index (κ2) is 4.57. The van der Waals surface area contributed by atoms with Crippen LogP contribution in [-0.2, 0) is 11.2 Å². The van der Waals surface area contributed by atoms with Crippen molar-refractivity contribution >= 4 is 11.9 Å². The van der Waals surface area contributed by atoms with Gasteiger partial charge in [0.25, 0.3) is 5.56 Å². The summed E-state index contributed by atoms with van der Waals surface area (Å²) in [7, 11) is 0. The Morgan fingerprint density at radius 2 is 2.29 bits per heavy atom. The van der Waals surface area contributed by atoms with Crippen molar-refractivity contribution in [3.8, 4) is 0 Å². The lowest BCUT2D eigenvalue weighted by Gasteiger charge is -2.07. The molecule has 1 fully saturated rings. The summed E-state index contributed by atoms with van der Waals surface area (Å²) in [6.45, 7) is 1.73. The van der Waals surface area contributed by atoms with E-state index in [1.165, 1.54) is 0 Å². The zero-order chi connectivity index (χ0) is 12.4. The normalized spacial score (nSPS) is 14.6. The molecule has 2 rings (SSSR count). The highest BCUT2D eigenvalue weighted by Crippen LogP contribution is 2.22. The summed E-state index contributed by atoms with van der Waals surface area (Å²) in [5, 5.41) is 11.7. The Morgan fingerprint density at radius 3 is 2.82 bits per heavy atom. The van der Waals surface area contributed by atoms with Crippen molar-refractivity contribution < 1.29 is 9.90 Å². The first-order valence-electron chi connectivity index (χ1n) is 5.64. The molecule has 0 spiro atoms. The van der Waals surface area contributed by atoms with Crippen molar-refractivity contribution in [3.05, 3.63) is 21.6 Å². The van der Waals surface area contributed by atoms with Gasteiger partial charge in [-0.1, -0.05) is 0 Å². The fraction of sp³-hybridized carbons (Fsp3) is 0.545. The summed E-state index contributed by atoms with van der Waals surface area (Å²) in [4.78, 5) is 29.1. The van der Waals surface area contributed by atoms with E-state index in [1.807, 2.05) is 0 Å². The van der Waals surface area contributed by atoms with E-state index in [0.717, 1.165) is 12.8 Å². The summed E-state index contributed by atoms with van der Waals surface area (Å²) in [5.74, 6) is -0.432. The standard InChI is InChI=1S/C11H15N3O3/c1-6-8(4-5-9(15)16)10(17)14-11(12-6)13-7-2-3-7/h7H,2-5H2,1H3,(H,15,16)(H2,12,13,14,17). The fourth-order valence-electron chi connectivity index (χ4n) is 1.63. The quantitative estimate of drug-likeness (QED) is 0.699. The molecule has 0 amide bonds. The molecule has 1 aliphatic carbocycles. The number of hydrogen-bond donors (Lipinski definition) is 3. The van der Waals surface area contributed by atoms with Crippen molar-refractivity contribution in [2.75, 3.05) is 5.32 Å². The first kappa shape index (κ1) is 11.6. The number of carbonyl (C=O) groups is 1. The number of aromatic nitrogens is 2. The van der Waals surface area contributed by atoms with E-state index >= 15 is 0 Å². The molecule has 0 radical (unpaired) electrons. The Labute approximate surface area is 98.1 Å². The Bertz CT molecular complexity index is 491. The summed E-state index contributed by atoms with van der Waals surface area (Å²) < 4.78 is 0. The minimum atomic E-state index is -0.913. The van der Waals surface area contributed by atoms with Crippen LogP contribution < -0.4 is 10.9 Å². The van der Waals surface area contributed by atoms with Crippen LogP contribution in [0.2, 0.25) is 0 Å². The van der Waals surface area contributed by atoms with Crippen molar-refractivity contribution in [3.63, 3.8) is 0 Å². The molecule has 0 aromatic carbocycles. The zero-order valence-electron chi connectivity index (χ0n) is 9.62. The van der Waals surface area contributed by atoms with Gasteiger partial charge >= 0.3 is 5.97 Å². The number of nitrogens with one attached hydrogen (secondary N) is 2. The number of carboxylic acids is 1. The summed E-state index contributed by atoms with van der Waals surface area (Å²) in [6, 6.07) is 0.419. The largest absolute Gasteiger partial charge is 0.481 e. The lowest BCUT2D eigenvalue weighted by molar-refractivity contribution is -0.136. The van der Waals surface area contributed by atoms with Crippen molar-refractivity contribution in [2.24, 2.45) is 0 Å². The van der Waals surface area contributed by atoms with Crippen LogP contribution in [0.5, 0.6) is 0 Å². The highest BCUT2D eigenvalue weighted by atomic mass is 16.4. The van der Waals surface area contributed by atoms with Gasteiger partial charge in [-0.2, -0.15) is 0 Å². The first-order chi connectivity index (χ1) is 8.06. The molecule has 0 unspecified atom stereocenters. The van der Waals surface area contributed by atoms with Gasteiger partial charge in [0.15, 0.2) is 0 Å². The van der Waals surface area contributed by atoms with E-state index < -0.39 is 5.97 Å². The minimum Gasteiger partial charge on any atom is -0.481 e. The van der Waals surface area contributed by atoms with Gasteiger partial charge in [-0.25, -0.2) is 4.98 Å². The van der Waals surface area contributed by atoms with E-state index in [1.54, 1.807) is 6.92 Å². The molecule has 6 heteroatoms. The van der Waals surface area contributed by atoms with Gasteiger partial charge in [-0.3, -0.25) is 14.6 Å². The fourth-order valence-corrected chi connectivity index (χ4v) is 1.63. The van der Waals surface area contributed by atoms with Gasteiger partial charge in [-0.15, -0.1) is 0 Å². The molecule has 1 aromatic rings. The molecular formula is C11H15N3O3. The Morgan fingerprint density at radius 1 is 1.59 bits per heavy atom. The third-order valence-corrected chi connectivity index (χ3v) is 2.73. The molecule has 17 heavy (non-hydrogen) atoms. The molecule has 6 nitrogen and oxygen atoms in total. The number of carboxylic acid groups (broad SMARTS) is 1. The molecule has 0 bridgehead atoms. The summed E-state index contributed by atoms with van der Waals surface area (Å²) >= 11 is 0. The van der Waals surface area contributed by atoms with Gasteiger partial charge < -0.3 is 10.4 Å². The molecule has 0 atom stereocenters. The number of aryl methyl sites for hydroxylation is 1. The molecule has 1 saturated carbocycles. The first-order valence-corrected chi connectivity index (χ1v) is 5.64. The number of aliphatic carboxylic acids is 1. The maximum Gasteiger partial charge on any atom is 0.303 e. The Balaban J connectivity index is 2.15. The third kappa shape index (κ3) is 3.05. The number of anilines is 1. The summed E-state index contributed by atoms with van der Waals surface area (Å²) in [5.41, 5.74) is 0.800.